The minimum Gasteiger partial charge on any atom is -0.323 e. The molecule has 0 radical (unpaired) electrons. The van der Waals surface area contributed by atoms with E-state index in [1.54, 1.807) is 12.5 Å². The summed E-state index contributed by atoms with van der Waals surface area (Å²) in [7, 11) is 0. The summed E-state index contributed by atoms with van der Waals surface area (Å²) in [6.45, 7) is 1.96. The first-order valence-electron chi connectivity index (χ1n) is 5.88. The van der Waals surface area contributed by atoms with Crippen LogP contribution in [0.1, 0.15) is 18.7 Å². The predicted molar refractivity (Wildman–Crippen MR) is 71.5 cm³/mol. The van der Waals surface area contributed by atoms with Crippen LogP contribution in [0, 0.1) is 0 Å². The van der Waals surface area contributed by atoms with Gasteiger partial charge in [0.1, 0.15) is 0 Å². The average molecular weight is 238 g/mol. The summed E-state index contributed by atoms with van der Waals surface area (Å²) in [5, 5.41) is 2.26. The molecule has 90 valence electrons. The zero-order valence-electron chi connectivity index (χ0n) is 10.1. The lowest BCUT2D eigenvalue weighted by molar-refractivity contribution is 0.754. The maximum atomic E-state index is 5.97. The zero-order valence-corrected chi connectivity index (χ0v) is 10.1. The third kappa shape index (κ3) is 1.67. The molecule has 0 saturated heterocycles. The van der Waals surface area contributed by atoms with Crippen molar-refractivity contribution in [3.05, 3.63) is 54.9 Å². The van der Waals surface area contributed by atoms with Crippen molar-refractivity contribution in [3.63, 3.8) is 0 Å². The van der Waals surface area contributed by atoms with Gasteiger partial charge in [-0.25, -0.2) is 4.98 Å². The van der Waals surface area contributed by atoms with Crippen molar-refractivity contribution in [2.75, 3.05) is 0 Å². The Kier molecular flexibility index (Phi) is 2.57. The third-order valence-electron chi connectivity index (χ3n) is 3.05. The maximum Gasteiger partial charge on any atom is 0.0994 e. The first-order valence-corrected chi connectivity index (χ1v) is 5.88. The van der Waals surface area contributed by atoms with Gasteiger partial charge in [0, 0.05) is 29.2 Å². The Balaban J connectivity index is 2.28. The van der Waals surface area contributed by atoms with E-state index < -0.39 is 0 Å². The fourth-order valence-electron chi connectivity index (χ4n) is 2.16. The van der Waals surface area contributed by atoms with Gasteiger partial charge < -0.3 is 10.3 Å². The number of nitrogens with two attached hydrogens (primary N) is 1. The second-order valence-corrected chi connectivity index (χ2v) is 4.35. The normalized spacial score (nSPS) is 12.8. The van der Waals surface area contributed by atoms with Gasteiger partial charge in [-0.3, -0.25) is 4.98 Å². The van der Waals surface area contributed by atoms with Crippen molar-refractivity contribution in [1.29, 1.82) is 0 Å². The minimum atomic E-state index is -0.0513. The van der Waals surface area contributed by atoms with E-state index in [-0.39, 0.29) is 6.04 Å². The molecule has 0 amide bonds. The molecule has 2 N–H and O–H groups in total. The van der Waals surface area contributed by atoms with E-state index in [1.807, 2.05) is 42.1 Å². The molecule has 0 fully saturated rings. The summed E-state index contributed by atoms with van der Waals surface area (Å²) in [5.41, 5.74) is 8.05. The third-order valence-corrected chi connectivity index (χ3v) is 3.05. The van der Waals surface area contributed by atoms with Crippen LogP contribution >= 0.6 is 0 Å². The Morgan fingerprint density at radius 1 is 1.17 bits per heavy atom. The standard InChI is InChI=1S/C14H14N4/c1-10(15)14-8-17-9-18(14)13-4-2-3-11-7-16-6-5-12(11)13/h2-10H,15H2,1H3/t10-/m0/s1. The number of fused-ring (bicyclic) bond motifs is 1. The zero-order chi connectivity index (χ0) is 12.5. The Hall–Kier alpha value is -2.20. The van der Waals surface area contributed by atoms with E-state index in [2.05, 4.69) is 16.0 Å². The van der Waals surface area contributed by atoms with Gasteiger partial charge in [0.15, 0.2) is 0 Å². The van der Waals surface area contributed by atoms with Crippen LogP contribution in [0.3, 0.4) is 0 Å². The molecule has 2 heterocycles. The Morgan fingerprint density at radius 2 is 2.06 bits per heavy atom. The van der Waals surface area contributed by atoms with Crippen molar-refractivity contribution in [3.8, 4) is 5.69 Å². The lowest BCUT2D eigenvalue weighted by atomic mass is 10.1. The van der Waals surface area contributed by atoms with Crippen molar-refractivity contribution in [1.82, 2.24) is 14.5 Å². The van der Waals surface area contributed by atoms with Crippen LogP contribution in [-0.4, -0.2) is 14.5 Å². The monoisotopic (exact) mass is 238 g/mol. The summed E-state index contributed by atoms with van der Waals surface area (Å²) in [6.07, 6.45) is 7.27. The molecule has 0 unspecified atom stereocenters. The maximum absolute atomic E-state index is 5.97. The molecular weight excluding hydrogens is 224 g/mol. The number of aromatic nitrogens is 3. The van der Waals surface area contributed by atoms with Gasteiger partial charge in [-0.1, -0.05) is 12.1 Å². The SMILES string of the molecule is C[C@H](N)c1cncn1-c1cccc2cnccc12. The second-order valence-electron chi connectivity index (χ2n) is 4.35. The fraction of sp³-hybridized carbons (Fsp3) is 0.143. The quantitative estimate of drug-likeness (QED) is 0.746. The van der Waals surface area contributed by atoms with Gasteiger partial charge in [0.2, 0.25) is 0 Å². The highest BCUT2D eigenvalue weighted by Crippen LogP contribution is 2.24. The lowest BCUT2D eigenvalue weighted by Crippen LogP contribution is -2.10. The Morgan fingerprint density at radius 3 is 2.89 bits per heavy atom. The molecule has 18 heavy (non-hydrogen) atoms. The molecule has 0 aliphatic rings. The van der Waals surface area contributed by atoms with Gasteiger partial charge >= 0.3 is 0 Å². The number of nitrogens with zero attached hydrogens (tertiary/aromatic N) is 3. The van der Waals surface area contributed by atoms with Crippen LogP contribution in [0.2, 0.25) is 0 Å². The van der Waals surface area contributed by atoms with Gasteiger partial charge in [-0.15, -0.1) is 0 Å². The molecule has 1 atom stereocenters. The fourth-order valence-corrected chi connectivity index (χ4v) is 2.16. The molecule has 3 aromatic rings. The summed E-state index contributed by atoms with van der Waals surface area (Å²) in [6, 6.07) is 8.09. The summed E-state index contributed by atoms with van der Waals surface area (Å²) in [4.78, 5) is 8.34. The minimum absolute atomic E-state index is 0.0513. The largest absolute Gasteiger partial charge is 0.323 e. The molecular formula is C14H14N4. The molecule has 2 aromatic heterocycles. The molecule has 4 nitrogen and oxygen atoms in total. The average Bonchev–Trinajstić information content (AvgIpc) is 2.87. The van der Waals surface area contributed by atoms with Gasteiger partial charge in [-0.05, 0) is 19.1 Å². The van der Waals surface area contributed by atoms with Crippen molar-refractivity contribution in [2.24, 2.45) is 5.73 Å². The number of rotatable bonds is 2. The second kappa shape index (κ2) is 4.23. The van der Waals surface area contributed by atoms with Crippen LogP contribution in [0.15, 0.2) is 49.2 Å². The number of imidazole rings is 1. The number of benzene rings is 1. The molecule has 0 aliphatic heterocycles. The van der Waals surface area contributed by atoms with Crippen molar-refractivity contribution >= 4 is 10.8 Å². The summed E-state index contributed by atoms with van der Waals surface area (Å²) < 4.78 is 2.03. The van der Waals surface area contributed by atoms with E-state index >= 15 is 0 Å². The highest BCUT2D eigenvalue weighted by atomic mass is 15.1. The van der Waals surface area contributed by atoms with Gasteiger partial charge in [0.05, 0.1) is 23.9 Å². The van der Waals surface area contributed by atoms with Crippen LogP contribution in [0.25, 0.3) is 16.5 Å². The molecule has 3 rings (SSSR count). The van der Waals surface area contributed by atoms with E-state index in [4.69, 9.17) is 5.73 Å². The van der Waals surface area contributed by atoms with E-state index in [9.17, 15) is 0 Å². The van der Waals surface area contributed by atoms with Crippen LogP contribution in [0.5, 0.6) is 0 Å². The molecule has 0 spiro atoms. The van der Waals surface area contributed by atoms with Crippen LogP contribution in [-0.2, 0) is 0 Å². The van der Waals surface area contributed by atoms with E-state index in [1.165, 1.54) is 0 Å². The van der Waals surface area contributed by atoms with Gasteiger partial charge in [-0.2, -0.15) is 0 Å². The molecule has 0 bridgehead atoms. The summed E-state index contributed by atoms with van der Waals surface area (Å²) >= 11 is 0. The van der Waals surface area contributed by atoms with Gasteiger partial charge in [0.25, 0.3) is 0 Å². The van der Waals surface area contributed by atoms with Crippen molar-refractivity contribution in [2.45, 2.75) is 13.0 Å². The summed E-state index contributed by atoms with van der Waals surface area (Å²) in [5.74, 6) is 0. The smallest absolute Gasteiger partial charge is 0.0994 e. The molecule has 0 saturated carbocycles. The van der Waals surface area contributed by atoms with Crippen LogP contribution in [0.4, 0.5) is 0 Å². The highest BCUT2D eigenvalue weighted by molar-refractivity contribution is 5.89. The molecule has 4 heteroatoms. The molecule has 0 aliphatic carbocycles. The first kappa shape index (κ1) is 10.9. The molecule has 1 aromatic carbocycles. The van der Waals surface area contributed by atoms with Crippen molar-refractivity contribution < 1.29 is 0 Å². The number of hydrogen-bond donors (Lipinski definition) is 1. The van der Waals surface area contributed by atoms with E-state index in [0.29, 0.717) is 0 Å². The Labute approximate surface area is 105 Å². The Bertz CT molecular complexity index is 680. The topological polar surface area (TPSA) is 56.7 Å². The predicted octanol–water partition coefficient (Wildman–Crippen LogP) is 2.44. The van der Waals surface area contributed by atoms with E-state index in [0.717, 1.165) is 22.2 Å². The highest BCUT2D eigenvalue weighted by Gasteiger charge is 2.10. The van der Waals surface area contributed by atoms with Crippen LogP contribution < -0.4 is 5.73 Å². The number of hydrogen-bond acceptors (Lipinski definition) is 3. The lowest BCUT2D eigenvalue weighted by Gasteiger charge is -2.12. The first-order chi connectivity index (χ1) is 8.77. The number of pyridine rings is 1.